The molecule has 1 aliphatic rings. The molecule has 0 radical (unpaired) electrons. The zero-order valence-corrected chi connectivity index (χ0v) is 19.5. The molecule has 1 saturated heterocycles. The fraction of sp³-hybridized carbons (Fsp3) is 0.360. The highest BCUT2D eigenvalue weighted by Crippen LogP contribution is 2.36. The number of ether oxygens (including phenoxy) is 4. The Balaban J connectivity index is 1.31. The van der Waals surface area contributed by atoms with E-state index in [2.05, 4.69) is 20.5 Å². The lowest BCUT2D eigenvalue weighted by Gasteiger charge is -2.26. The molecule has 34 heavy (non-hydrogen) atoms. The second-order valence-corrected chi connectivity index (χ2v) is 7.85. The highest BCUT2D eigenvalue weighted by molar-refractivity contribution is 5.89. The summed E-state index contributed by atoms with van der Waals surface area (Å²) in [5.41, 5.74) is 1.42. The van der Waals surface area contributed by atoms with Crippen LogP contribution in [0.4, 0.5) is 10.5 Å². The third kappa shape index (κ3) is 6.06. The van der Waals surface area contributed by atoms with Crippen molar-refractivity contribution in [3.8, 4) is 23.0 Å². The van der Waals surface area contributed by atoms with E-state index in [1.54, 1.807) is 50.7 Å². The van der Waals surface area contributed by atoms with Crippen molar-refractivity contribution in [3.63, 3.8) is 0 Å². The van der Waals surface area contributed by atoms with Gasteiger partial charge in [-0.05, 0) is 49.4 Å². The standard InChI is InChI=1S/C25H30N4O5/c1-31-23-16-20-21(17-24(23)32-2)26-10-8-22(20)34-19-6-4-18(5-7-19)28-25(30)27-9-3-11-29-12-14-33-15-13-29/h4-8,10,16-17H,3,9,11-15H2,1-2H3,(H2,27,28,30). The highest BCUT2D eigenvalue weighted by atomic mass is 16.5. The molecule has 2 heterocycles. The van der Waals surface area contributed by atoms with Crippen LogP contribution >= 0.6 is 0 Å². The predicted octanol–water partition coefficient (Wildman–Crippen LogP) is 3.89. The lowest BCUT2D eigenvalue weighted by molar-refractivity contribution is 0.0375. The fourth-order valence-electron chi connectivity index (χ4n) is 3.77. The Labute approximate surface area is 199 Å². The van der Waals surface area contributed by atoms with E-state index in [1.165, 1.54) is 0 Å². The lowest BCUT2D eigenvalue weighted by Crippen LogP contribution is -2.38. The van der Waals surface area contributed by atoms with Crippen LogP contribution in [0.3, 0.4) is 0 Å². The number of amides is 2. The van der Waals surface area contributed by atoms with E-state index >= 15 is 0 Å². The Morgan fingerprint density at radius 2 is 1.76 bits per heavy atom. The highest BCUT2D eigenvalue weighted by Gasteiger charge is 2.12. The number of aromatic nitrogens is 1. The molecule has 1 aromatic heterocycles. The third-order valence-electron chi connectivity index (χ3n) is 5.59. The van der Waals surface area contributed by atoms with Crippen molar-refractivity contribution in [3.05, 3.63) is 48.7 Å². The maximum Gasteiger partial charge on any atom is 0.319 e. The Morgan fingerprint density at radius 3 is 2.50 bits per heavy atom. The molecule has 4 rings (SSSR count). The van der Waals surface area contributed by atoms with Crippen molar-refractivity contribution in [1.29, 1.82) is 0 Å². The van der Waals surface area contributed by atoms with Crippen molar-refractivity contribution in [2.75, 3.05) is 58.9 Å². The number of hydrogen-bond donors (Lipinski definition) is 2. The molecule has 0 bridgehead atoms. The summed E-state index contributed by atoms with van der Waals surface area (Å²) in [5.74, 6) is 2.49. The number of carbonyl (C=O) groups excluding carboxylic acids is 1. The summed E-state index contributed by atoms with van der Waals surface area (Å²) in [6.45, 7) is 5.06. The van der Waals surface area contributed by atoms with Gasteiger partial charge in [0.2, 0.25) is 0 Å². The average molecular weight is 467 g/mol. The predicted molar refractivity (Wildman–Crippen MR) is 130 cm³/mol. The van der Waals surface area contributed by atoms with Gasteiger partial charge in [-0.15, -0.1) is 0 Å². The first-order valence-corrected chi connectivity index (χ1v) is 11.3. The Morgan fingerprint density at radius 1 is 1.03 bits per heavy atom. The fourth-order valence-corrected chi connectivity index (χ4v) is 3.77. The molecule has 2 aromatic carbocycles. The molecule has 9 heteroatoms. The minimum Gasteiger partial charge on any atom is -0.493 e. The number of benzene rings is 2. The topological polar surface area (TPSA) is 94.2 Å². The minimum atomic E-state index is -0.225. The van der Waals surface area contributed by atoms with Gasteiger partial charge in [0.25, 0.3) is 0 Å². The van der Waals surface area contributed by atoms with Gasteiger partial charge < -0.3 is 29.6 Å². The van der Waals surface area contributed by atoms with Gasteiger partial charge >= 0.3 is 6.03 Å². The van der Waals surface area contributed by atoms with Crippen LogP contribution in [0.15, 0.2) is 48.7 Å². The Bertz CT molecular complexity index is 1100. The summed E-state index contributed by atoms with van der Waals surface area (Å²) >= 11 is 0. The average Bonchev–Trinajstić information content (AvgIpc) is 2.88. The molecule has 0 aliphatic carbocycles. The molecular weight excluding hydrogens is 436 g/mol. The summed E-state index contributed by atoms with van der Waals surface area (Å²) in [7, 11) is 3.18. The molecule has 0 unspecified atom stereocenters. The monoisotopic (exact) mass is 466 g/mol. The number of methoxy groups -OCH3 is 2. The van der Waals surface area contributed by atoms with Gasteiger partial charge in [0, 0.05) is 43.0 Å². The molecule has 1 fully saturated rings. The van der Waals surface area contributed by atoms with Gasteiger partial charge in [-0.2, -0.15) is 0 Å². The quantitative estimate of drug-likeness (QED) is 0.462. The molecule has 0 saturated carbocycles. The van der Waals surface area contributed by atoms with Crippen molar-refractivity contribution in [1.82, 2.24) is 15.2 Å². The van der Waals surface area contributed by atoms with Crippen molar-refractivity contribution in [2.45, 2.75) is 6.42 Å². The van der Waals surface area contributed by atoms with E-state index in [9.17, 15) is 4.79 Å². The van der Waals surface area contributed by atoms with E-state index in [0.717, 1.165) is 50.2 Å². The number of morpholine rings is 1. The molecule has 180 valence electrons. The van der Waals surface area contributed by atoms with E-state index in [0.29, 0.717) is 35.2 Å². The molecule has 0 spiro atoms. The maximum atomic E-state index is 12.2. The zero-order valence-electron chi connectivity index (χ0n) is 19.5. The summed E-state index contributed by atoms with van der Waals surface area (Å²) in [6.07, 6.45) is 2.58. The Kier molecular flexibility index (Phi) is 8.00. The van der Waals surface area contributed by atoms with Gasteiger partial charge in [-0.1, -0.05) is 0 Å². The summed E-state index contributed by atoms with van der Waals surface area (Å²) < 4.78 is 22.2. The van der Waals surface area contributed by atoms with E-state index in [-0.39, 0.29) is 6.03 Å². The number of carbonyl (C=O) groups is 1. The van der Waals surface area contributed by atoms with Crippen LogP contribution in [0.5, 0.6) is 23.0 Å². The van der Waals surface area contributed by atoms with Crippen LogP contribution < -0.4 is 24.8 Å². The second-order valence-electron chi connectivity index (χ2n) is 7.85. The number of nitrogens with one attached hydrogen (secondary N) is 2. The van der Waals surface area contributed by atoms with Crippen LogP contribution in [0, 0.1) is 0 Å². The molecular formula is C25H30N4O5. The van der Waals surface area contributed by atoms with E-state index in [1.807, 2.05) is 12.1 Å². The first-order valence-electron chi connectivity index (χ1n) is 11.3. The molecule has 9 nitrogen and oxygen atoms in total. The first kappa shape index (κ1) is 23.6. The van der Waals surface area contributed by atoms with Gasteiger partial charge in [0.05, 0.1) is 33.0 Å². The largest absolute Gasteiger partial charge is 0.493 e. The summed E-state index contributed by atoms with van der Waals surface area (Å²) in [4.78, 5) is 18.9. The molecule has 2 amide bonds. The van der Waals surface area contributed by atoms with Crippen LogP contribution in [-0.4, -0.2) is 69.5 Å². The van der Waals surface area contributed by atoms with Gasteiger partial charge in [0.15, 0.2) is 11.5 Å². The van der Waals surface area contributed by atoms with Crippen LogP contribution in [0.25, 0.3) is 10.9 Å². The number of urea groups is 1. The minimum absolute atomic E-state index is 0.225. The lowest BCUT2D eigenvalue weighted by atomic mass is 10.2. The van der Waals surface area contributed by atoms with Crippen molar-refractivity contribution in [2.24, 2.45) is 0 Å². The first-order chi connectivity index (χ1) is 16.7. The smallest absolute Gasteiger partial charge is 0.319 e. The SMILES string of the molecule is COc1cc2nccc(Oc3ccc(NC(=O)NCCCN4CCOCC4)cc3)c2cc1OC. The number of hydrogen-bond acceptors (Lipinski definition) is 7. The number of nitrogens with zero attached hydrogens (tertiary/aromatic N) is 2. The molecule has 0 atom stereocenters. The summed E-state index contributed by atoms with van der Waals surface area (Å²) in [5, 5.41) is 6.55. The third-order valence-corrected chi connectivity index (χ3v) is 5.59. The number of fused-ring (bicyclic) bond motifs is 1. The van der Waals surface area contributed by atoms with E-state index < -0.39 is 0 Å². The normalized spacial score (nSPS) is 13.9. The van der Waals surface area contributed by atoms with Crippen LogP contribution in [0.2, 0.25) is 0 Å². The number of anilines is 1. The number of pyridine rings is 1. The van der Waals surface area contributed by atoms with Crippen LogP contribution in [0.1, 0.15) is 6.42 Å². The maximum absolute atomic E-state index is 12.2. The van der Waals surface area contributed by atoms with Gasteiger partial charge in [-0.3, -0.25) is 9.88 Å². The van der Waals surface area contributed by atoms with E-state index in [4.69, 9.17) is 18.9 Å². The van der Waals surface area contributed by atoms with Gasteiger partial charge in [0.1, 0.15) is 11.5 Å². The molecule has 3 aromatic rings. The number of rotatable bonds is 9. The Hall–Kier alpha value is -3.56. The van der Waals surface area contributed by atoms with Crippen molar-refractivity contribution < 1.29 is 23.7 Å². The van der Waals surface area contributed by atoms with Crippen molar-refractivity contribution >= 4 is 22.6 Å². The second kappa shape index (κ2) is 11.5. The van der Waals surface area contributed by atoms with Crippen LogP contribution in [-0.2, 0) is 4.74 Å². The zero-order chi connectivity index (χ0) is 23.8. The molecule has 1 aliphatic heterocycles. The summed E-state index contributed by atoms with van der Waals surface area (Å²) in [6, 6.07) is 12.4. The molecule has 2 N–H and O–H groups in total. The van der Waals surface area contributed by atoms with Gasteiger partial charge in [-0.25, -0.2) is 4.79 Å².